The highest BCUT2D eigenvalue weighted by Gasteiger charge is 2.35. The van der Waals surface area contributed by atoms with Crippen LogP contribution in [-0.2, 0) is 9.53 Å². The Morgan fingerprint density at radius 2 is 1.70 bits per heavy atom. The Kier molecular flexibility index (Phi) is 7.03. The predicted octanol–water partition coefficient (Wildman–Crippen LogP) is 7.39. The number of rotatable bonds is 6. The molecule has 0 radical (unpaired) electrons. The molecule has 0 aromatic rings. The molecule has 154 valence electrons. The fourth-order valence-electron chi connectivity index (χ4n) is 4.50. The Bertz CT molecular complexity index is 580. The van der Waals surface area contributed by atoms with Gasteiger partial charge in [0, 0.05) is 5.57 Å². The fraction of sp³-hybridized carbons (Fsp3) is 0.800. The molecular formula is C25H42O2. The normalized spacial score (nSPS) is 21.9. The van der Waals surface area contributed by atoms with Crippen molar-refractivity contribution >= 4 is 5.97 Å². The third-order valence-corrected chi connectivity index (χ3v) is 6.90. The van der Waals surface area contributed by atoms with Crippen LogP contribution in [0.1, 0.15) is 106 Å². The first-order chi connectivity index (χ1) is 12.5. The zero-order chi connectivity index (χ0) is 20.3. The minimum atomic E-state index is -0.251. The van der Waals surface area contributed by atoms with Crippen LogP contribution in [0.5, 0.6) is 0 Å². The lowest BCUT2D eigenvalue weighted by atomic mass is 9.66. The van der Waals surface area contributed by atoms with Gasteiger partial charge in [0.2, 0.25) is 0 Å². The van der Waals surface area contributed by atoms with Gasteiger partial charge in [0.05, 0.1) is 0 Å². The minimum Gasteiger partial charge on any atom is -0.456 e. The first-order valence-corrected chi connectivity index (χ1v) is 11.1. The lowest BCUT2D eigenvalue weighted by Gasteiger charge is -2.39. The van der Waals surface area contributed by atoms with E-state index in [0.717, 1.165) is 31.3 Å². The van der Waals surface area contributed by atoms with Crippen LogP contribution in [0, 0.1) is 16.7 Å². The third kappa shape index (κ3) is 6.22. The van der Waals surface area contributed by atoms with Gasteiger partial charge < -0.3 is 4.74 Å². The summed E-state index contributed by atoms with van der Waals surface area (Å²) < 4.78 is 5.94. The van der Waals surface area contributed by atoms with Crippen LogP contribution >= 0.6 is 0 Å². The molecule has 0 bridgehead atoms. The molecular weight excluding hydrogens is 332 g/mol. The molecule has 1 atom stereocenters. The number of allylic oxidation sites excluding steroid dienone is 3. The van der Waals surface area contributed by atoms with Crippen LogP contribution in [-0.4, -0.2) is 11.6 Å². The molecule has 0 aliphatic heterocycles. The summed E-state index contributed by atoms with van der Waals surface area (Å²) in [5.74, 6) is 0.466. The third-order valence-electron chi connectivity index (χ3n) is 6.90. The Balaban J connectivity index is 2.11. The van der Waals surface area contributed by atoms with Gasteiger partial charge in [-0.2, -0.15) is 0 Å². The maximum Gasteiger partial charge on any atom is 0.334 e. The van der Waals surface area contributed by atoms with Crippen molar-refractivity contribution in [3.63, 3.8) is 0 Å². The molecule has 0 amide bonds. The molecule has 0 N–H and O–H groups in total. The highest BCUT2D eigenvalue weighted by atomic mass is 16.6. The summed E-state index contributed by atoms with van der Waals surface area (Å²) in [5, 5.41) is 0. The van der Waals surface area contributed by atoms with Crippen molar-refractivity contribution in [2.75, 3.05) is 0 Å². The fourth-order valence-corrected chi connectivity index (χ4v) is 4.50. The van der Waals surface area contributed by atoms with Crippen LogP contribution in [0.4, 0.5) is 0 Å². The Hall–Kier alpha value is -1.05. The molecule has 2 nitrogen and oxygen atoms in total. The summed E-state index contributed by atoms with van der Waals surface area (Å²) in [6, 6.07) is 0. The summed E-state index contributed by atoms with van der Waals surface area (Å²) in [6.45, 7) is 16.2. The van der Waals surface area contributed by atoms with E-state index < -0.39 is 0 Å². The lowest BCUT2D eigenvalue weighted by molar-refractivity contribution is -0.156. The molecule has 0 spiro atoms. The van der Waals surface area contributed by atoms with Gasteiger partial charge in [-0.3, -0.25) is 0 Å². The average Bonchev–Trinajstić information content (AvgIpc) is 2.59. The zero-order valence-electron chi connectivity index (χ0n) is 18.9. The van der Waals surface area contributed by atoms with Gasteiger partial charge in [-0.15, -0.1) is 0 Å². The summed E-state index contributed by atoms with van der Waals surface area (Å²) in [5.41, 5.74) is 2.69. The van der Waals surface area contributed by atoms with Crippen molar-refractivity contribution in [3.8, 4) is 0 Å². The van der Waals surface area contributed by atoms with Crippen molar-refractivity contribution in [1.29, 1.82) is 0 Å². The van der Waals surface area contributed by atoms with Crippen molar-refractivity contribution < 1.29 is 9.53 Å². The summed E-state index contributed by atoms with van der Waals surface area (Å²) in [4.78, 5) is 12.7. The van der Waals surface area contributed by atoms with E-state index in [4.69, 9.17) is 4.74 Å². The Morgan fingerprint density at radius 1 is 1.07 bits per heavy atom. The van der Waals surface area contributed by atoms with E-state index >= 15 is 0 Å². The van der Waals surface area contributed by atoms with Gasteiger partial charge in [0.15, 0.2) is 0 Å². The molecule has 0 saturated heterocycles. The van der Waals surface area contributed by atoms with Gasteiger partial charge in [0.1, 0.15) is 5.60 Å². The van der Waals surface area contributed by atoms with Crippen LogP contribution in [0.2, 0.25) is 0 Å². The number of hydrogen-bond acceptors (Lipinski definition) is 2. The number of esters is 1. The zero-order valence-corrected chi connectivity index (χ0v) is 18.9. The highest BCUT2D eigenvalue weighted by Crippen LogP contribution is 2.44. The molecule has 1 fully saturated rings. The second kappa shape index (κ2) is 8.53. The van der Waals surface area contributed by atoms with E-state index in [9.17, 15) is 4.79 Å². The maximum absolute atomic E-state index is 12.7. The summed E-state index contributed by atoms with van der Waals surface area (Å²) >= 11 is 0. The van der Waals surface area contributed by atoms with Gasteiger partial charge >= 0.3 is 5.97 Å². The van der Waals surface area contributed by atoms with Crippen LogP contribution in [0.3, 0.4) is 0 Å². The molecule has 1 saturated carbocycles. The molecule has 2 aliphatic rings. The van der Waals surface area contributed by atoms with E-state index in [0.29, 0.717) is 11.3 Å². The smallest absolute Gasteiger partial charge is 0.334 e. The number of carbonyl (C=O) groups excluding carboxylic acids is 1. The largest absolute Gasteiger partial charge is 0.456 e. The van der Waals surface area contributed by atoms with Gasteiger partial charge in [-0.05, 0) is 68.6 Å². The number of ether oxygens (including phenoxy) is 1. The van der Waals surface area contributed by atoms with Crippen LogP contribution < -0.4 is 0 Å². The van der Waals surface area contributed by atoms with Gasteiger partial charge in [-0.1, -0.05) is 72.1 Å². The van der Waals surface area contributed by atoms with Gasteiger partial charge in [0.25, 0.3) is 0 Å². The van der Waals surface area contributed by atoms with Crippen molar-refractivity contribution in [2.24, 2.45) is 16.7 Å². The van der Waals surface area contributed by atoms with E-state index in [1.54, 1.807) is 0 Å². The highest BCUT2D eigenvalue weighted by molar-refractivity contribution is 5.89. The first-order valence-electron chi connectivity index (χ1n) is 11.1. The topological polar surface area (TPSA) is 26.3 Å². The molecule has 2 heteroatoms. The summed E-state index contributed by atoms with van der Waals surface area (Å²) in [6.07, 6.45) is 14.1. The monoisotopic (exact) mass is 374 g/mol. The molecule has 0 aromatic carbocycles. The molecule has 1 unspecified atom stereocenters. The predicted molar refractivity (Wildman–Crippen MR) is 115 cm³/mol. The van der Waals surface area contributed by atoms with Crippen LogP contribution in [0.25, 0.3) is 0 Å². The van der Waals surface area contributed by atoms with Crippen molar-refractivity contribution in [1.82, 2.24) is 0 Å². The molecule has 27 heavy (non-hydrogen) atoms. The van der Waals surface area contributed by atoms with Gasteiger partial charge in [-0.25, -0.2) is 4.79 Å². The number of hydrogen-bond donors (Lipinski definition) is 0. The van der Waals surface area contributed by atoms with Crippen molar-refractivity contribution in [2.45, 2.75) is 112 Å². The Morgan fingerprint density at radius 3 is 2.19 bits per heavy atom. The molecule has 2 rings (SSSR count). The quantitative estimate of drug-likeness (QED) is 0.453. The Labute approximate surface area is 167 Å². The van der Waals surface area contributed by atoms with E-state index in [1.807, 2.05) is 6.08 Å². The molecule has 0 aromatic heterocycles. The van der Waals surface area contributed by atoms with E-state index in [2.05, 4.69) is 54.5 Å². The standard InChI is InChI=1S/C25H42O2/c1-8-24(5,6)18-21(23(2,3)4)19-12-14-20(15-13-19)22(26)27-25(7)16-10-9-11-17-25/h12,14,21H,8-11,13,15-18H2,1-7H3. The maximum atomic E-state index is 12.7. The molecule has 0 heterocycles. The molecule has 2 aliphatic carbocycles. The van der Waals surface area contributed by atoms with Crippen LogP contribution in [0.15, 0.2) is 23.3 Å². The minimum absolute atomic E-state index is 0.0871. The van der Waals surface area contributed by atoms with E-state index in [1.165, 1.54) is 37.7 Å². The summed E-state index contributed by atoms with van der Waals surface area (Å²) in [7, 11) is 0. The van der Waals surface area contributed by atoms with E-state index in [-0.39, 0.29) is 17.0 Å². The second-order valence-electron chi connectivity index (χ2n) is 11.0. The number of carbonyl (C=O) groups is 1. The average molecular weight is 375 g/mol. The second-order valence-corrected chi connectivity index (χ2v) is 11.0. The van der Waals surface area contributed by atoms with Crippen molar-refractivity contribution in [3.05, 3.63) is 23.3 Å². The SMILES string of the molecule is CCC(C)(C)CC(C1=CC=C(C(=O)OC2(C)CCCCC2)CC1)C(C)(C)C. The first kappa shape index (κ1) is 22.2. The lowest BCUT2D eigenvalue weighted by Crippen LogP contribution is -2.34.